The van der Waals surface area contributed by atoms with Crippen LogP contribution in [0.4, 0.5) is 25.0 Å². The average Bonchev–Trinajstić information content (AvgIpc) is 3.59. The number of fused-ring (bicyclic) bond motifs is 1. The molecule has 39 heavy (non-hydrogen) atoms. The van der Waals surface area contributed by atoms with E-state index in [1.807, 2.05) is 0 Å². The third kappa shape index (κ3) is 4.43. The van der Waals surface area contributed by atoms with Gasteiger partial charge in [0, 0.05) is 31.9 Å². The van der Waals surface area contributed by atoms with Gasteiger partial charge in [-0.3, -0.25) is 4.79 Å². The fraction of sp³-hybridized carbons (Fsp3) is 0.538. The van der Waals surface area contributed by atoms with Crippen LogP contribution in [0.25, 0.3) is 10.9 Å². The van der Waals surface area contributed by atoms with E-state index in [4.69, 9.17) is 15.3 Å². The van der Waals surface area contributed by atoms with Gasteiger partial charge in [0.1, 0.15) is 23.5 Å². The standard InChI is InChI=1S/C26H31F2N5O6/c1-5-38-30-15-9-31(10-26(15)11-32(12-26)24(37)39-25(2,3)4)21-17(27)19(29)16-20(18(21)28)33(13-6-7-13)8-14(22(16)34)23(35)36/h8,13H,5-7,9-12,29H2,1-4H3,(H,35,36). The largest absolute Gasteiger partial charge is 0.477 e. The molecule has 210 valence electrons. The second-order valence-electron chi connectivity index (χ2n) is 11.4. The number of halogens is 2. The van der Waals surface area contributed by atoms with Crippen LogP contribution in [0, 0.1) is 17.0 Å². The second-order valence-corrected chi connectivity index (χ2v) is 11.4. The Morgan fingerprint density at radius 3 is 2.44 bits per heavy atom. The summed E-state index contributed by atoms with van der Waals surface area (Å²) in [5.41, 5.74) is 2.25. The van der Waals surface area contributed by atoms with Crippen molar-refractivity contribution in [3.05, 3.63) is 33.6 Å². The van der Waals surface area contributed by atoms with E-state index >= 15 is 8.78 Å². The summed E-state index contributed by atoms with van der Waals surface area (Å²) < 4.78 is 38.9. The summed E-state index contributed by atoms with van der Waals surface area (Å²) in [6.07, 6.45) is 1.91. The number of ether oxygens (including phenoxy) is 1. The van der Waals surface area contributed by atoms with E-state index in [0.717, 1.165) is 6.20 Å². The molecule has 0 unspecified atom stereocenters. The van der Waals surface area contributed by atoms with Gasteiger partial charge in [0.2, 0.25) is 5.43 Å². The maximum atomic E-state index is 16.3. The molecule has 2 aliphatic heterocycles. The number of anilines is 2. The number of pyridine rings is 1. The highest BCUT2D eigenvalue weighted by atomic mass is 19.1. The fourth-order valence-corrected chi connectivity index (χ4v) is 5.33. The minimum absolute atomic E-state index is 0.00180. The van der Waals surface area contributed by atoms with E-state index in [9.17, 15) is 19.5 Å². The molecule has 3 aliphatic rings. The molecule has 3 fully saturated rings. The molecule has 3 heterocycles. The number of benzene rings is 1. The Labute approximate surface area is 222 Å². The molecule has 2 saturated heterocycles. The first-order chi connectivity index (χ1) is 18.3. The Bertz CT molecular complexity index is 1470. The Morgan fingerprint density at radius 2 is 1.87 bits per heavy atom. The molecule has 3 N–H and O–H groups in total. The number of rotatable bonds is 5. The van der Waals surface area contributed by atoms with Gasteiger partial charge in [-0.2, -0.15) is 0 Å². The number of aromatic carboxylic acids is 1. The summed E-state index contributed by atoms with van der Waals surface area (Å²) in [7, 11) is 0. The summed E-state index contributed by atoms with van der Waals surface area (Å²) in [4.78, 5) is 45.4. The molecular formula is C26H31F2N5O6. The summed E-state index contributed by atoms with van der Waals surface area (Å²) in [5, 5.41) is 13.2. The highest BCUT2D eigenvalue weighted by Crippen LogP contribution is 2.45. The van der Waals surface area contributed by atoms with Crippen molar-refractivity contribution in [2.24, 2.45) is 10.6 Å². The van der Waals surface area contributed by atoms with Gasteiger partial charge in [0.05, 0.1) is 34.3 Å². The van der Waals surface area contributed by atoms with Crippen molar-refractivity contribution in [2.75, 3.05) is 43.4 Å². The molecule has 5 rings (SSSR count). The number of aromatic nitrogens is 1. The molecule has 1 aromatic heterocycles. The van der Waals surface area contributed by atoms with Crippen LogP contribution in [-0.4, -0.2) is 70.7 Å². The van der Waals surface area contributed by atoms with E-state index in [-0.39, 0.29) is 44.3 Å². The molecule has 11 nitrogen and oxygen atoms in total. The van der Waals surface area contributed by atoms with Crippen molar-refractivity contribution in [3.63, 3.8) is 0 Å². The molecular weight excluding hydrogens is 516 g/mol. The normalized spacial score (nSPS) is 19.6. The molecule has 2 aromatic rings. The number of carboxylic acids is 1. The van der Waals surface area contributed by atoms with Gasteiger partial charge in [0.15, 0.2) is 11.6 Å². The Hall–Kier alpha value is -3.90. The summed E-state index contributed by atoms with van der Waals surface area (Å²) in [6, 6.07) is -0.229. The van der Waals surface area contributed by atoms with Crippen molar-refractivity contribution in [1.29, 1.82) is 0 Å². The SMILES string of the molecule is CCON=C1CN(c2c(F)c(N)c3c(=O)c(C(=O)O)cn(C4CC4)c3c2F)CC12CN(C(=O)OC(C)(C)C)C2. The predicted octanol–water partition coefficient (Wildman–Crippen LogP) is 3.34. The zero-order chi connectivity index (χ0) is 28.4. The van der Waals surface area contributed by atoms with Gasteiger partial charge in [0.25, 0.3) is 0 Å². The lowest BCUT2D eigenvalue weighted by Gasteiger charge is -2.47. The van der Waals surface area contributed by atoms with Gasteiger partial charge in [-0.15, -0.1) is 0 Å². The fourth-order valence-electron chi connectivity index (χ4n) is 5.33. The Balaban J connectivity index is 1.58. The topological polar surface area (TPSA) is 140 Å². The van der Waals surface area contributed by atoms with Crippen LogP contribution < -0.4 is 16.1 Å². The number of hydrogen-bond donors (Lipinski definition) is 2. The van der Waals surface area contributed by atoms with E-state index in [0.29, 0.717) is 18.6 Å². The van der Waals surface area contributed by atoms with Gasteiger partial charge in [-0.1, -0.05) is 5.16 Å². The second kappa shape index (κ2) is 9.09. The van der Waals surface area contributed by atoms with Crippen LogP contribution in [0.2, 0.25) is 0 Å². The average molecular weight is 548 g/mol. The zero-order valence-corrected chi connectivity index (χ0v) is 22.2. The molecule has 1 aliphatic carbocycles. The number of nitrogens with zero attached hydrogens (tertiary/aromatic N) is 4. The highest BCUT2D eigenvalue weighted by molar-refractivity contribution is 6.03. The smallest absolute Gasteiger partial charge is 0.410 e. The lowest BCUT2D eigenvalue weighted by molar-refractivity contribution is -0.0104. The lowest BCUT2D eigenvalue weighted by Crippen LogP contribution is -2.63. The van der Waals surface area contributed by atoms with Crippen LogP contribution in [0.1, 0.15) is 56.9 Å². The highest BCUT2D eigenvalue weighted by Gasteiger charge is 2.56. The molecule has 0 radical (unpaired) electrons. The molecule has 1 aromatic carbocycles. The van der Waals surface area contributed by atoms with E-state index in [2.05, 4.69) is 5.16 Å². The Morgan fingerprint density at radius 1 is 1.21 bits per heavy atom. The number of carbonyl (C=O) groups excluding carboxylic acids is 1. The first-order valence-electron chi connectivity index (χ1n) is 12.8. The van der Waals surface area contributed by atoms with Gasteiger partial charge < -0.3 is 34.8 Å². The van der Waals surface area contributed by atoms with Gasteiger partial charge >= 0.3 is 12.1 Å². The summed E-state index contributed by atoms with van der Waals surface area (Å²) in [5.74, 6) is -3.66. The third-order valence-corrected chi connectivity index (χ3v) is 7.24. The third-order valence-electron chi connectivity index (χ3n) is 7.24. The number of hydrogen-bond acceptors (Lipinski definition) is 8. The number of amides is 1. The summed E-state index contributed by atoms with van der Waals surface area (Å²) in [6.45, 7) is 7.85. The van der Waals surface area contributed by atoms with E-state index in [1.54, 1.807) is 27.7 Å². The van der Waals surface area contributed by atoms with E-state index in [1.165, 1.54) is 14.4 Å². The van der Waals surface area contributed by atoms with Crippen molar-refractivity contribution >= 4 is 40.1 Å². The zero-order valence-electron chi connectivity index (χ0n) is 22.2. The minimum Gasteiger partial charge on any atom is -0.477 e. The quantitative estimate of drug-likeness (QED) is 0.429. The van der Waals surface area contributed by atoms with Crippen LogP contribution in [0.15, 0.2) is 16.1 Å². The number of likely N-dealkylation sites (tertiary alicyclic amines) is 1. The number of oxime groups is 1. The van der Waals surface area contributed by atoms with Crippen LogP contribution in [0.5, 0.6) is 0 Å². The maximum absolute atomic E-state index is 16.3. The molecule has 0 bridgehead atoms. The van der Waals surface area contributed by atoms with Crippen LogP contribution >= 0.6 is 0 Å². The number of nitrogen functional groups attached to an aromatic ring is 1. The van der Waals surface area contributed by atoms with Gasteiger partial charge in [-0.05, 0) is 40.5 Å². The predicted molar refractivity (Wildman–Crippen MR) is 139 cm³/mol. The minimum atomic E-state index is -1.50. The Kier molecular flexibility index (Phi) is 6.22. The van der Waals surface area contributed by atoms with Crippen LogP contribution in [0.3, 0.4) is 0 Å². The van der Waals surface area contributed by atoms with Crippen molar-refractivity contribution < 1.29 is 33.1 Å². The van der Waals surface area contributed by atoms with Crippen molar-refractivity contribution in [2.45, 2.75) is 52.2 Å². The van der Waals surface area contributed by atoms with Crippen molar-refractivity contribution in [1.82, 2.24) is 9.47 Å². The lowest BCUT2D eigenvalue weighted by atomic mass is 9.78. The molecule has 0 atom stereocenters. The monoisotopic (exact) mass is 547 g/mol. The summed E-state index contributed by atoms with van der Waals surface area (Å²) >= 11 is 0. The van der Waals surface area contributed by atoms with Crippen molar-refractivity contribution in [3.8, 4) is 0 Å². The number of nitrogens with two attached hydrogens (primary N) is 1. The maximum Gasteiger partial charge on any atom is 0.410 e. The van der Waals surface area contributed by atoms with Crippen LogP contribution in [-0.2, 0) is 9.57 Å². The molecule has 13 heteroatoms. The molecule has 1 amide bonds. The first-order valence-corrected chi connectivity index (χ1v) is 12.8. The van der Waals surface area contributed by atoms with Gasteiger partial charge in [-0.25, -0.2) is 18.4 Å². The first kappa shape index (κ1) is 26.7. The van der Waals surface area contributed by atoms with E-state index < -0.39 is 62.5 Å². The molecule has 1 saturated carbocycles. The number of carbonyl (C=O) groups is 2. The number of carboxylic acid groups (broad SMARTS) is 1. The molecule has 1 spiro atoms.